The van der Waals surface area contributed by atoms with Gasteiger partial charge in [0, 0.05) is 38.6 Å². The monoisotopic (exact) mass is 433 g/mol. The summed E-state index contributed by atoms with van der Waals surface area (Å²) in [5.41, 5.74) is 1.42. The Labute approximate surface area is 187 Å². The van der Waals surface area contributed by atoms with Crippen molar-refractivity contribution in [1.82, 2.24) is 24.1 Å². The number of likely N-dealkylation sites (tertiary alicyclic amines) is 1. The lowest BCUT2D eigenvalue weighted by atomic mass is 9.96. The van der Waals surface area contributed by atoms with Gasteiger partial charge in [0.15, 0.2) is 5.82 Å². The number of rotatable bonds is 4. The topological polar surface area (TPSA) is 72.6 Å². The molecular formula is C24H27N5O3. The van der Waals surface area contributed by atoms with E-state index >= 15 is 0 Å². The molecule has 0 bridgehead atoms. The Bertz CT molecular complexity index is 1070. The van der Waals surface area contributed by atoms with E-state index in [0.29, 0.717) is 50.8 Å². The Morgan fingerprint density at radius 1 is 0.938 bits per heavy atom. The van der Waals surface area contributed by atoms with E-state index < -0.39 is 0 Å². The fraction of sp³-hybridized carbons (Fsp3) is 0.375. The summed E-state index contributed by atoms with van der Waals surface area (Å²) in [6.45, 7) is 3.51. The molecule has 4 heterocycles. The van der Waals surface area contributed by atoms with Crippen molar-refractivity contribution in [3.05, 3.63) is 66.6 Å². The summed E-state index contributed by atoms with van der Waals surface area (Å²) in [5.74, 6) is 0.588. The number of nitrogens with zero attached hydrogens (tertiary/aromatic N) is 5. The van der Waals surface area contributed by atoms with Gasteiger partial charge in [0.05, 0.1) is 31.0 Å². The van der Waals surface area contributed by atoms with Crippen molar-refractivity contribution in [2.45, 2.75) is 12.8 Å². The molecule has 32 heavy (non-hydrogen) atoms. The number of aromatic nitrogens is 3. The molecule has 2 amide bonds. The molecule has 0 aliphatic carbocycles. The van der Waals surface area contributed by atoms with Crippen LogP contribution in [0, 0.1) is 5.92 Å². The third-order valence-electron chi connectivity index (χ3n) is 6.20. The van der Waals surface area contributed by atoms with E-state index in [1.807, 2.05) is 69.2 Å². The van der Waals surface area contributed by atoms with Crippen LogP contribution in [0.1, 0.15) is 23.2 Å². The molecule has 0 unspecified atom stereocenters. The molecule has 2 aliphatic heterocycles. The molecule has 2 saturated heterocycles. The molecule has 1 atom stereocenters. The number of morpholine rings is 1. The van der Waals surface area contributed by atoms with Gasteiger partial charge in [-0.25, -0.2) is 4.68 Å². The van der Waals surface area contributed by atoms with Gasteiger partial charge < -0.3 is 19.1 Å². The number of carbonyl (C=O) groups excluding carboxylic acids is 2. The van der Waals surface area contributed by atoms with Gasteiger partial charge in [-0.2, -0.15) is 5.10 Å². The van der Waals surface area contributed by atoms with Crippen LogP contribution in [0.3, 0.4) is 0 Å². The highest BCUT2D eigenvalue weighted by Crippen LogP contribution is 2.25. The standard InChI is InChI=1S/C24H27N5O3/c30-23(27-13-15-32-16-14-27)19-7-6-12-28(18-19)24(31)21-17-25-29(20-8-2-1-3-9-20)22(21)26-10-4-5-11-26/h1-5,8-11,17,19H,6-7,12-16,18H2/t19-/m0/s1. The first-order valence-electron chi connectivity index (χ1n) is 11.1. The van der Waals surface area contributed by atoms with E-state index in [1.165, 1.54) is 0 Å². The van der Waals surface area contributed by atoms with Gasteiger partial charge in [-0.05, 0) is 37.1 Å². The van der Waals surface area contributed by atoms with Crippen molar-refractivity contribution in [1.29, 1.82) is 0 Å². The molecule has 8 heteroatoms. The number of hydrogen-bond donors (Lipinski definition) is 0. The van der Waals surface area contributed by atoms with Crippen LogP contribution in [0.15, 0.2) is 61.1 Å². The molecule has 1 aromatic carbocycles. The smallest absolute Gasteiger partial charge is 0.259 e. The van der Waals surface area contributed by atoms with Gasteiger partial charge >= 0.3 is 0 Å². The average Bonchev–Trinajstić information content (AvgIpc) is 3.54. The largest absolute Gasteiger partial charge is 0.378 e. The van der Waals surface area contributed by atoms with Crippen LogP contribution in [0.4, 0.5) is 0 Å². The molecule has 2 fully saturated rings. The number of amides is 2. The summed E-state index contributed by atoms with van der Waals surface area (Å²) in [5, 5.41) is 4.55. The first-order valence-corrected chi connectivity index (χ1v) is 11.1. The van der Waals surface area contributed by atoms with Crippen LogP contribution < -0.4 is 0 Å². The van der Waals surface area contributed by atoms with Gasteiger partial charge in [-0.1, -0.05) is 18.2 Å². The first kappa shape index (κ1) is 20.5. The minimum absolute atomic E-state index is 0.0876. The number of benzene rings is 1. The predicted octanol–water partition coefficient (Wildman–Crippen LogP) is 2.37. The molecule has 166 valence electrons. The second-order valence-electron chi connectivity index (χ2n) is 8.25. The Balaban J connectivity index is 1.41. The number of carbonyl (C=O) groups is 2. The average molecular weight is 434 g/mol. The van der Waals surface area contributed by atoms with Crippen LogP contribution in [0.5, 0.6) is 0 Å². The number of ether oxygens (including phenoxy) is 1. The number of para-hydroxylation sites is 1. The molecular weight excluding hydrogens is 406 g/mol. The zero-order valence-electron chi connectivity index (χ0n) is 18.0. The molecule has 2 aromatic heterocycles. The molecule has 3 aromatic rings. The van der Waals surface area contributed by atoms with Gasteiger partial charge in [-0.15, -0.1) is 0 Å². The van der Waals surface area contributed by atoms with Crippen LogP contribution in [0.2, 0.25) is 0 Å². The fourth-order valence-electron chi connectivity index (χ4n) is 4.55. The van der Waals surface area contributed by atoms with Gasteiger partial charge in [0.2, 0.25) is 5.91 Å². The van der Waals surface area contributed by atoms with Gasteiger partial charge in [0.25, 0.3) is 5.91 Å². The van der Waals surface area contributed by atoms with E-state index in [0.717, 1.165) is 18.5 Å². The minimum Gasteiger partial charge on any atom is -0.378 e. The first-order chi connectivity index (χ1) is 15.7. The zero-order chi connectivity index (χ0) is 21.9. The second-order valence-corrected chi connectivity index (χ2v) is 8.25. The quantitative estimate of drug-likeness (QED) is 0.633. The Hall–Kier alpha value is -3.39. The van der Waals surface area contributed by atoms with Crippen LogP contribution in [0.25, 0.3) is 11.5 Å². The van der Waals surface area contributed by atoms with Crippen molar-refractivity contribution >= 4 is 11.8 Å². The molecule has 8 nitrogen and oxygen atoms in total. The SMILES string of the molecule is O=C(c1cnn(-c2ccccc2)c1-n1cccc1)N1CCC[C@H](C(=O)N2CCOCC2)C1. The summed E-state index contributed by atoms with van der Waals surface area (Å²) < 4.78 is 9.07. The summed E-state index contributed by atoms with van der Waals surface area (Å²) >= 11 is 0. The maximum atomic E-state index is 13.6. The fourth-order valence-corrected chi connectivity index (χ4v) is 4.55. The summed E-state index contributed by atoms with van der Waals surface area (Å²) in [7, 11) is 0. The lowest BCUT2D eigenvalue weighted by Gasteiger charge is -2.36. The minimum atomic E-state index is -0.162. The van der Waals surface area contributed by atoms with E-state index in [9.17, 15) is 9.59 Å². The van der Waals surface area contributed by atoms with E-state index in [1.54, 1.807) is 10.9 Å². The summed E-state index contributed by atoms with van der Waals surface area (Å²) in [6.07, 6.45) is 7.09. The molecule has 0 spiro atoms. The zero-order valence-corrected chi connectivity index (χ0v) is 18.0. The normalized spacial score (nSPS) is 19.2. The highest BCUT2D eigenvalue weighted by molar-refractivity contribution is 5.97. The van der Waals surface area contributed by atoms with Crippen molar-refractivity contribution in [2.75, 3.05) is 39.4 Å². The van der Waals surface area contributed by atoms with Crippen LogP contribution >= 0.6 is 0 Å². The second kappa shape index (κ2) is 9.00. The van der Waals surface area contributed by atoms with Crippen LogP contribution in [-0.2, 0) is 9.53 Å². The van der Waals surface area contributed by atoms with Crippen molar-refractivity contribution < 1.29 is 14.3 Å². The third kappa shape index (κ3) is 3.93. The molecule has 5 rings (SSSR count). The molecule has 0 N–H and O–H groups in total. The lowest BCUT2D eigenvalue weighted by Crippen LogP contribution is -2.49. The predicted molar refractivity (Wildman–Crippen MR) is 119 cm³/mol. The van der Waals surface area contributed by atoms with Gasteiger partial charge in [-0.3, -0.25) is 9.59 Å². The Kier molecular flexibility index (Phi) is 5.77. The molecule has 0 saturated carbocycles. The van der Waals surface area contributed by atoms with E-state index in [2.05, 4.69) is 5.10 Å². The third-order valence-corrected chi connectivity index (χ3v) is 6.20. The number of hydrogen-bond acceptors (Lipinski definition) is 4. The highest BCUT2D eigenvalue weighted by Gasteiger charge is 2.33. The van der Waals surface area contributed by atoms with E-state index in [-0.39, 0.29) is 17.7 Å². The Morgan fingerprint density at radius 2 is 1.69 bits per heavy atom. The lowest BCUT2D eigenvalue weighted by molar-refractivity contribution is -0.141. The van der Waals surface area contributed by atoms with E-state index in [4.69, 9.17) is 4.74 Å². The summed E-state index contributed by atoms with van der Waals surface area (Å²) in [6, 6.07) is 13.6. The maximum Gasteiger partial charge on any atom is 0.259 e. The summed E-state index contributed by atoms with van der Waals surface area (Å²) in [4.78, 5) is 30.3. The maximum absolute atomic E-state index is 13.6. The Morgan fingerprint density at radius 3 is 2.44 bits per heavy atom. The molecule has 0 radical (unpaired) electrons. The van der Waals surface area contributed by atoms with Crippen molar-refractivity contribution in [2.24, 2.45) is 5.92 Å². The van der Waals surface area contributed by atoms with Gasteiger partial charge in [0.1, 0.15) is 5.56 Å². The molecule has 2 aliphatic rings. The highest BCUT2D eigenvalue weighted by atomic mass is 16.5. The number of piperidine rings is 1. The van der Waals surface area contributed by atoms with Crippen molar-refractivity contribution in [3.8, 4) is 11.5 Å². The van der Waals surface area contributed by atoms with Crippen molar-refractivity contribution in [3.63, 3.8) is 0 Å². The van der Waals surface area contributed by atoms with Crippen LogP contribution in [-0.4, -0.2) is 75.4 Å².